The maximum absolute atomic E-state index is 12.7. The van der Waals surface area contributed by atoms with Gasteiger partial charge in [0, 0.05) is 30.8 Å². The third kappa shape index (κ3) is 4.27. The lowest BCUT2D eigenvalue weighted by molar-refractivity contribution is 0.0338. The van der Waals surface area contributed by atoms with Gasteiger partial charge in [0.1, 0.15) is 22.8 Å². The highest BCUT2D eigenvalue weighted by Crippen LogP contribution is 2.35. The van der Waals surface area contributed by atoms with E-state index in [1.807, 2.05) is 0 Å². The fourth-order valence-electron chi connectivity index (χ4n) is 2.99. The smallest absolute Gasteiger partial charge is 0.193 e. The van der Waals surface area contributed by atoms with Crippen LogP contribution in [0.4, 0.5) is 0 Å². The van der Waals surface area contributed by atoms with E-state index in [4.69, 9.17) is 13.9 Å². The van der Waals surface area contributed by atoms with Gasteiger partial charge in [0.05, 0.1) is 26.6 Å². The number of ketones is 1. The van der Waals surface area contributed by atoms with E-state index in [0.29, 0.717) is 56.0 Å². The molecule has 3 rings (SSSR count). The first-order chi connectivity index (χ1) is 13.1. The predicted molar refractivity (Wildman–Crippen MR) is 98.2 cm³/mol. The Labute approximate surface area is 156 Å². The summed E-state index contributed by atoms with van der Waals surface area (Å²) in [4.78, 5) is 26.3. The minimum Gasteiger partial charge on any atom is -0.507 e. The molecule has 1 aromatic heterocycles. The number of methoxy groups -OCH3 is 1. The largest absolute Gasteiger partial charge is 0.507 e. The zero-order valence-electron chi connectivity index (χ0n) is 15.0. The molecule has 7 heteroatoms. The van der Waals surface area contributed by atoms with E-state index >= 15 is 0 Å². The molecular formula is C20H21NO6. The molecule has 1 saturated heterocycles. The number of benzene rings is 1. The van der Waals surface area contributed by atoms with Gasteiger partial charge in [0.15, 0.2) is 12.1 Å². The Bertz CT molecular complexity index is 835. The van der Waals surface area contributed by atoms with Crippen molar-refractivity contribution in [1.29, 1.82) is 0 Å². The number of aldehydes is 1. The van der Waals surface area contributed by atoms with Crippen molar-refractivity contribution in [3.63, 3.8) is 0 Å². The molecular weight excluding hydrogens is 350 g/mol. The topological polar surface area (TPSA) is 89.2 Å². The molecule has 1 fully saturated rings. The predicted octanol–water partition coefficient (Wildman–Crippen LogP) is 2.53. The summed E-state index contributed by atoms with van der Waals surface area (Å²) in [6.07, 6.45) is 4.97. The number of phenolic OH excluding ortho intramolecular Hbond substituents is 1. The first kappa shape index (κ1) is 18.9. The summed E-state index contributed by atoms with van der Waals surface area (Å²) in [5, 5.41) is 10.8. The number of morpholine rings is 1. The SMILES string of the molecule is COc1cc(C=O)c(CN2CCOCC2)c(O)c1C(=O)/C=C/c1ccco1. The van der Waals surface area contributed by atoms with Gasteiger partial charge in [-0.25, -0.2) is 0 Å². The fraction of sp³-hybridized carbons (Fsp3) is 0.300. The number of ether oxygens (including phenoxy) is 2. The standard InChI is InChI=1S/C20H21NO6/c1-25-18-11-14(13-22)16(12-21-6-9-26-10-7-21)20(24)19(18)17(23)5-4-15-3-2-8-27-15/h2-5,8,11,13,24H,6-7,9-10,12H2,1H3/b5-4+. The normalized spacial score (nSPS) is 15.1. The molecule has 1 N–H and O–H groups in total. The lowest BCUT2D eigenvalue weighted by atomic mass is 9.98. The van der Waals surface area contributed by atoms with Gasteiger partial charge in [-0.1, -0.05) is 0 Å². The van der Waals surface area contributed by atoms with Crippen LogP contribution < -0.4 is 4.74 Å². The monoisotopic (exact) mass is 371 g/mol. The van der Waals surface area contributed by atoms with Crippen LogP contribution in [0.15, 0.2) is 35.0 Å². The molecule has 0 atom stereocenters. The van der Waals surface area contributed by atoms with Crippen molar-refractivity contribution in [2.24, 2.45) is 0 Å². The summed E-state index contributed by atoms with van der Waals surface area (Å²) in [7, 11) is 1.39. The molecule has 0 aliphatic carbocycles. The molecule has 1 aromatic carbocycles. The average Bonchev–Trinajstić information content (AvgIpc) is 3.21. The lowest BCUT2D eigenvalue weighted by Crippen LogP contribution is -2.36. The van der Waals surface area contributed by atoms with Crippen LogP contribution in [0.5, 0.6) is 11.5 Å². The van der Waals surface area contributed by atoms with Crippen LogP contribution in [0.1, 0.15) is 32.0 Å². The van der Waals surface area contributed by atoms with Crippen molar-refractivity contribution in [1.82, 2.24) is 4.90 Å². The Morgan fingerprint density at radius 2 is 2.15 bits per heavy atom. The lowest BCUT2D eigenvalue weighted by Gasteiger charge is -2.27. The molecule has 0 saturated carbocycles. The molecule has 0 amide bonds. The van der Waals surface area contributed by atoms with Crippen molar-refractivity contribution < 1.29 is 28.6 Å². The Morgan fingerprint density at radius 1 is 1.37 bits per heavy atom. The van der Waals surface area contributed by atoms with E-state index in [9.17, 15) is 14.7 Å². The number of furan rings is 1. The van der Waals surface area contributed by atoms with E-state index in [1.54, 1.807) is 12.1 Å². The molecule has 0 spiro atoms. The Kier molecular flexibility index (Phi) is 6.05. The van der Waals surface area contributed by atoms with E-state index in [2.05, 4.69) is 4.90 Å². The summed E-state index contributed by atoms with van der Waals surface area (Å²) in [6, 6.07) is 4.90. The van der Waals surface area contributed by atoms with Crippen LogP contribution >= 0.6 is 0 Å². The van der Waals surface area contributed by atoms with Crippen molar-refractivity contribution in [2.45, 2.75) is 6.54 Å². The summed E-state index contributed by atoms with van der Waals surface area (Å²) in [5.74, 6) is -0.0206. The number of carbonyl (C=O) groups is 2. The van der Waals surface area contributed by atoms with Crippen LogP contribution in [0.2, 0.25) is 0 Å². The molecule has 1 aliphatic rings. The molecule has 0 radical (unpaired) electrons. The van der Waals surface area contributed by atoms with Gasteiger partial charge in [0.25, 0.3) is 0 Å². The first-order valence-corrected chi connectivity index (χ1v) is 8.58. The molecule has 7 nitrogen and oxygen atoms in total. The second-order valence-electron chi connectivity index (χ2n) is 6.09. The molecule has 0 unspecified atom stereocenters. The number of phenols is 1. The third-order valence-corrected chi connectivity index (χ3v) is 4.42. The van der Waals surface area contributed by atoms with E-state index in [0.717, 1.165) is 0 Å². The minimum absolute atomic E-state index is 0.0224. The molecule has 27 heavy (non-hydrogen) atoms. The highest BCUT2D eigenvalue weighted by atomic mass is 16.5. The second kappa shape index (κ2) is 8.66. The zero-order chi connectivity index (χ0) is 19.2. The number of hydrogen-bond donors (Lipinski definition) is 1. The molecule has 142 valence electrons. The Morgan fingerprint density at radius 3 is 2.78 bits per heavy atom. The molecule has 1 aliphatic heterocycles. The number of nitrogens with zero attached hydrogens (tertiary/aromatic N) is 1. The van der Waals surface area contributed by atoms with Crippen molar-refractivity contribution in [3.8, 4) is 11.5 Å². The maximum atomic E-state index is 12.7. The fourth-order valence-corrected chi connectivity index (χ4v) is 2.99. The van der Waals surface area contributed by atoms with Crippen LogP contribution in [-0.4, -0.2) is 55.5 Å². The number of hydrogen-bond acceptors (Lipinski definition) is 7. The van der Waals surface area contributed by atoms with Crippen LogP contribution in [0.3, 0.4) is 0 Å². The van der Waals surface area contributed by atoms with Crippen molar-refractivity contribution >= 4 is 18.1 Å². The maximum Gasteiger partial charge on any atom is 0.193 e. The van der Waals surface area contributed by atoms with Gasteiger partial charge in [-0.05, 0) is 30.4 Å². The van der Waals surface area contributed by atoms with Gasteiger partial charge < -0.3 is 19.0 Å². The van der Waals surface area contributed by atoms with Crippen molar-refractivity contribution in [2.75, 3.05) is 33.4 Å². The summed E-state index contributed by atoms with van der Waals surface area (Å²) in [5.41, 5.74) is 0.721. The van der Waals surface area contributed by atoms with Gasteiger partial charge in [-0.2, -0.15) is 0 Å². The van der Waals surface area contributed by atoms with E-state index in [1.165, 1.54) is 31.6 Å². The number of carbonyl (C=O) groups excluding carboxylic acids is 2. The quantitative estimate of drug-likeness (QED) is 0.454. The van der Waals surface area contributed by atoms with Crippen LogP contribution in [0, 0.1) is 0 Å². The number of aromatic hydroxyl groups is 1. The number of rotatable bonds is 7. The third-order valence-electron chi connectivity index (χ3n) is 4.42. The first-order valence-electron chi connectivity index (χ1n) is 8.58. The van der Waals surface area contributed by atoms with E-state index < -0.39 is 5.78 Å². The summed E-state index contributed by atoms with van der Waals surface area (Å²) < 4.78 is 15.7. The highest BCUT2D eigenvalue weighted by Gasteiger charge is 2.24. The molecule has 2 aromatic rings. The Hall–Kier alpha value is -2.90. The minimum atomic E-state index is -0.443. The highest BCUT2D eigenvalue weighted by molar-refractivity contribution is 6.11. The van der Waals surface area contributed by atoms with Gasteiger partial charge >= 0.3 is 0 Å². The van der Waals surface area contributed by atoms with Crippen LogP contribution in [0.25, 0.3) is 6.08 Å². The molecule has 0 bridgehead atoms. The zero-order valence-corrected chi connectivity index (χ0v) is 15.0. The van der Waals surface area contributed by atoms with Gasteiger partial charge in [-0.3, -0.25) is 14.5 Å². The van der Waals surface area contributed by atoms with Gasteiger partial charge in [-0.15, -0.1) is 0 Å². The Balaban J connectivity index is 1.97. The average molecular weight is 371 g/mol. The van der Waals surface area contributed by atoms with Gasteiger partial charge in [0.2, 0.25) is 0 Å². The summed E-state index contributed by atoms with van der Waals surface area (Å²) >= 11 is 0. The van der Waals surface area contributed by atoms with E-state index in [-0.39, 0.29) is 17.1 Å². The van der Waals surface area contributed by atoms with Crippen molar-refractivity contribution in [3.05, 3.63) is 53.0 Å². The van der Waals surface area contributed by atoms with Crippen LogP contribution in [-0.2, 0) is 11.3 Å². The second-order valence-corrected chi connectivity index (χ2v) is 6.09. The summed E-state index contributed by atoms with van der Waals surface area (Å²) in [6.45, 7) is 2.89. The molecule has 2 heterocycles. The number of allylic oxidation sites excluding steroid dienone is 1.